The van der Waals surface area contributed by atoms with Gasteiger partial charge in [0.2, 0.25) is 0 Å². The minimum Gasteiger partial charge on any atom is -0.465 e. The second kappa shape index (κ2) is 7.32. The summed E-state index contributed by atoms with van der Waals surface area (Å²) in [5, 5.41) is 5.17. The molecule has 2 amide bonds. The van der Waals surface area contributed by atoms with Gasteiger partial charge in [-0.2, -0.15) is 0 Å². The van der Waals surface area contributed by atoms with E-state index in [9.17, 15) is 9.59 Å². The summed E-state index contributed by atoms with van der Waals surface area (Å²) in [7, 11) is 0. The Kier molecular flexibility index (Phi) is 6.07. The summed E-state index contributed by atoms with van der Waals surface area (Å²) in [6, 6.07) is 3.48. The lowest BCUT2D eigenvalue weighted by molar-refractivity contribution is -0.141. The van der Waals surface area contributed by atoms with Crippen LogP contribution >= 0.6 is 22.6 Å². The molecule has 0 aliphatic rings. The topological polar surface area (TPSA) is 67.4 Å². The van der Waals surface area contributed by atoms with Crippen molar-refractivity contribution < 1.29 is 14.3 Å². The lowest BCUT2D eigenvalue weighted by atomic mass is 10.1. The Labute approximate surface area is 126 Å². The summed E-state index contributed by atoms with van der Waals surface area (Å²) in [6.07, 6.45) is 0. The molecule has 1 aromatic rings. The maximum atomic E-state index is 11.6. The van der Waals surface area contributed by atoms with Crippen LogP contribution in [0.3, 0.4) is 0 Å². The highest BCUT2D eigenvalue weighted by molar-refractivity contribution is 14.1. The molecule has 0 aliphatic carbocycles. The molecule has 0 unspecified atom stereocenters. The molecule has 0 saturated heterocycles. The molecule has 0 fully saturated rings. The molecule has 0 bridgehead atoms. The minimum atomic E-state index is -0.451. The highest BCUT2D eigenvalue weighted by Crippen LogP contribution is 2.21. The fraction of sp³-hybridized carbons (Fsp3) is 0.385. The van der Waals surface area contributed by atoms with Gasteiger partial charge in [-0.15, -0.1) is 0 Å². The number of aryl methyl sites for hydroxylation is 2. The average molecular weight is 376 g/mol. The number of nitrogens with one attached hydrogen (secondary N) is 2. The van der Waals surface area contributed by atoms with E-state index in [0.29, 0.717) is 6.61 Å². The van der Waals surface area contributed by atoms with E-state index in [0.717, 1.165) is 20.4 Å². The number of carbonyl (C=O) groups excluding carboxylic acids is 2. The highest BCUT2D eigenvalue weighted by atomic mass is 127. The number of hydrogen-bond acceptors (Lipinski definition) is 3. The number of rotatable bonds is 4. The van der Waals surface area contributed by atoms with Gasteiger partial charge >= 0.3 is 12.0 Å². The predicted octanol–water partition coefficient (Wildman–Crippen LogP) is 2.59. The molecule has 6 heteroatoms. The van der Waals surface area contributed by atoms with Crippen molar-refractivity contribution in [2.24, 2.45) is 0 Å². The van der Waals surface area contributed by atoms with Crippen LogP contribution in [-0.4, -0.2) is 25.2 Å². The molecular formula is C13H17IN2O3. The molecule has 19 heavy (non-hydrogen) atoms. The molecule has 1 rings (SSSR count). The van der Waals surface area contributed by atoms with E-state index in [-0.39, 0.29) is 6.54 Å². The zero-order valence-electron chi connectivity index (χ0n) is 11.2. The number of esters is 1. The Hall–Kier alpha value is -1.31. The average Bonchev–Trinajstić information content (AvgIpc) is 2.34. The van der Waals surface area contributed by atoms with Gasteiger partial charge in [-0.1, -0.05) is 0 Å². The van der Waals surface area contributed by atoms with Crippen molar-refractivity contribution in [3.05, 3.63) is 26.8 Å². The molecule has 0 saturated carbocycles. The SMILES string of the molecule is CCOC(=O)CNC(=O)Nc1cc(C)c(I)cc1C. The third-order valence-electron chi connectivity index (χ3n) is 2.45. The number of benzene rings is 1. The van der Waals surface area contributed by atoms with Gasteiger partial charge in [-0.05, 0) is 66.6 Å². The van der Waals surface area contributed by atoms with Gasteiger partial charge < -0.3 is 15.4 Å². The van der Waals surface area contributed by atoms with E-state index in [4.69, 9.17) is 4.74 Å². The Morgan fingerprint density at radius 1 is 1.26 bits per heavy atom. The summed E-state index contributed by atoms with van der Waals surface area (Å²) in [5.41, 5.74) is 2.80. The fourth-order valence-electron chi connectivity index (χ4n) is 1.45. The Morgan fingerprint density at radius 2 is 1.95 bits per heavy atom. The minimum absolute atomic E-state index is 0.137. The molecular weight excluding hydrogens is 359 g/mol. The van der Waals surface area contributed by atoms with Crippen LogP contribution in [0.15, 0.2) is 12.1 Å². The summed E-state index contributed by atoms with van der Waals surface area (Å²) in [4.78, 5) is 22.7. The van der Waals surface area contributed by atoms with Crippen molar-refractivity contribution in [1.29, 1.82) is 0 Å². The maximum absolute atomic E-state index is 11.6. The number of hydrogen-bond donors (Lipinski definition) is 2. The van der Waals surface area contributed by atoms with Gasteiger partial charge in [0.05, 0.1) is 6.61 Å². The number of carbonyl (C=O) groups is 2. The Morgan fingerprint density at radius 3 is 2.58 bits per heavy atom. The molecule has 0 atom stereocenters. The van der Waals surface area contributed by atoms with Crippen molar-refractivity contribution in [3.8, 4) is 0 Å². The van der Waals surface area contributed by atoms with E-state index in [1.807, 2.05) is 26.0 Å². The second-order valence-electron chi connectivity index (χ2n) is 4.03. The largest absolute Gasteiger partial charge is 0.465 e. The van der Waals surface area contributed by atoms with Crippen LogP contribution in [0.2, 0.25) is 0 Å². The fourth-order valence-corrected chi connectivity index (χ4v) is 2.07. The highest BCUT2D eigenvalue weighted by Gasteiger charge is 2.08. The van der Waals surface area contributed by atoms with Crippen molar-refractivity contribution in [2.75, 3.05) is 18.5 Å². The predicted molar refractivity (Wildman–Crippen MR) is 82.3 cm³/mol. The van der Waals surface area contributed by atoms with E-state index in [1.54, 1.807) is 6.92 Å². The van der Waals surface area contributed by atoms with Crippen LogP contribution in [0, 0.1) is 17.4 Å². The number of halogens is 1. The number of amides is 2. The standard InChI is InChI=1S/C13H17IN2O3/c1-4-19-12(17)7-15-13(18)16-11-6-8(2)10(14)5-9(11)3/h5-6H,4,7H2,1-3H3,(H2,15,16,18). The van der Waals surface area contributed by atoms with Crippen molar-refractivity contribution >= 4 is 40.3 Å². The molecule has 2 N–H and O–H groups in total. The van der Waals surface area contributed by atoms with Gasteiger partial charge in [0.15, 0.2) is 0 Å². The molecule has 1 aromatic carbocycles. The lowest BCUT2D eigenvalue weighted by Gasteiger charge is -2.11. The van der Waals surface area contributed by atoms with E-state index >= 15 is 0 Å². The first-order valence-electron chi connectivity index (χ1n) is 5.91. The Bertz CT molecular complexity index is 489. The normalized spacial score (nSPS) is 9.89. The van der Waals surface area contributed by atoms with E-state index in [2.05, 4.69) is 33.2 Å². The molecule has 0 spiro atoms. The molecule has 5 nitrogen and oxygen atoms in total. The van der Waals surface area contributed by atoms with Crippen molar-refractivity contribution in [2.45, 2.75) is 20.8 Å². The van der Waals surface area contributed by atoms with Crippen LogP contribution < -0.4 is 10.6 Å². The van der Waals surface area contributed by atoms with E-state index in [1.165, 1.54) is 0 Å². The number of ether oxygens (including phenoxy) is 1. The van der Waals surface area contributed by atoms with Crippen molar-refractivity contribution in [1.82, 2.24) is 5.32 Å². The third-order valence-corrected chi connectivity index (χ3v) is 3.61. The zero-order valence-corrected chi connectivity index (χ0v) is 13.3. The third kappa shape index (κ3) is 5.06. The van der Waals surface area contributed by atoms with Gasteiger partial charge in [0.25, 0.3) is 0 Å². The molecule has 0 radical (unpaired) electrons. The first-order valence-corrected chi connectivity index (χ1v) is 6.99. The van der Waals surface area contributed by atoms with Gasteiger partial charge in [-0.25, -0.2) is 4.79 Å². The van der Waals surface area contributed by atoms with Crippen LogP contribution in [0.5, 0.6) is 0 Å². The first kappa shape index (κ1) is 15.7. The van der Waals surface area contributed by atoms with Crippen molar-refractivity contribution in [3.63, 3.8) is 0 Å². The second-order valence-corrected chi connectivity index (χ2v) is 5.19. The Balaban J connectivity index is 2.58. The maximum Gasteiger partial charge on any atom is 0.325 e. The monoisotopic (exact) mass is 376 g/mol. The first-order chi connectivity index (χ1) is 8.93. The van der Waals surface area contributed by atoms with Crippen LogP contribution in [0.4, 0.5) is 10.5 Å². The van der Waals surface area contributed by atoms with Crippen LogP contribution in [0.25, 0.3) is 0 Å². The molecule has 0 heterocycles. The molecule has 0 aromatic heterocycles. The summed E-state index contributed by atoms with van der Waals surface area (Å²) < 4.78 is 5.86. The summed E-state index contributed by atoms with van der Waals surface area (Å²) >= 11 is 2.25. The lowest BCUT2D eigenvalue weighted by Crippen LogP contribution is -2.34. The van der Waals surface area contributed by atoms with Crippen LogP contribution in [-0.2, 0) is 9.53 Å². The summed E-state index contributed by atoms with van der Waals surface area (Å²) in [5.74, 6) is -0.451. The summed E-state index contributed by atoms with van der Waals surface area (Å²) in [6.45, 7) is 5.78. The van der Waals surface area contributed by atoms with Crippen LogP contribution in [0.1, 0.15) is 18.1 Å². The quantitative estimate of drug-likeness (QED) is 0.627. The number of urea groups is 1. The smallest absolute Gasteiger partial charge is 0.325 e. The molecule has 0 aliphatic heterocycles. The van der Waals surface area contributed by atoms with Gasteiger partial charge in [-0.3, -0.25) is 4.79 Å². The number of anilines is 1. The zero-order chi connectivity index (χ0) is 14.4. The van der Waals surface area contributed by atoms with E-state index < -0.39 is 12.0 Å². The van der Waals surface area contributed by atoms with Gasteiger partial charge in [0, 0.05) is 9.26 Å². The molecule has 104 valence electrons. The van der Waals surface area contributed by atoms with Gasteiger partial charge in [0.1, 0.15) is 6.54 Å².